The van der Waals surface area contributed by atoms with E-state index in [4.69, 9.17) is 5.11 Å². The average molecular weight is 366 g/mol. The van der Waals surface area contributed by atoms with Crippen molar-refractivity contribution in [2.75, 3.05) is 0 Å². The molecule has 0 spiro atoms. The number of rotatable bonds is 4. The fourth-order valence-electron chi connectivity index (χ4n) is 1.69. The Kier molecular flexibility index (Phi) is 5.16. The molecular formula is C12H14Br2O3. The molecule has 2 N–H and O–H groups in total. The van der Waals surface area contributed by atoms with Gasteiger partial charge in [0, 0.05) is 8.95 Å². The SMILES string of the molecule is CC(C)C(C(=O)O)C(O)c1ccc(Br)c(Br)c1. The van der Waals surface area contributed by atoms with Crippen LogP contribution in [0.1, 0.15) is 25.5 Å². The van der Waals surface area contributed by atoms with Crippen molar-refractivity contribution in [1.29, 1.82) is 0 Å². The largest absolute Gasteiger partial charge is 0.481 e. The van der Waals surface area contributed by atoms with E-state index in [1.165, 1.54) is 0 Å². The lowest BCUT2D eigenvalue weighted by Crippen LogP contribution is -2.26. The number of carboxylic acid groups (broad SMARTS) is 1. The van der Waals surface area contributed by atoms with E-state index in [9.17, 15) is 9.90 Å². The fourth-order valence-corrected chi connectivity index (χ4v) is 2.33. The number of aliphatic hydroxyl groups is 1. The Morgan fingerprint density at radius 1 is 1.24 bits per heavy atom. The van der Waals surface area contributed by atoms with Gasteiger partial charge in [0.15, 0.2) is 0 Å². The smallest absolute Gasteiger partial charge is 0.309 e. The minimum absolute atomic E-state index is 0.134. The van der Waals surface area contributed by atoms with Crippen LogP contribution in [0.2, 0.25) is 0 Å². The summed E-state index contributed by atoms with van der Waals surface area (Å²) in [6.45, 7) is 3.58. The van der Waals surface area contributed by atoms with Crippen LogP contribution in [-0.4, -0.2) is 16.2 Å². The third-order valence-electron chi connectivity index (χ3n) is 2.63. The van der Waals surface area contributed by atoms with E-state index in [0.717, 1.165) is 8.95 Å². The Morgan fingerprint density at radius 2 is 1.82 bits per heavy atom. The zero-order valence-corrected chi connectivity index (χ0v) is 12.7. The number of benzene rings is 1. The van der Waals surface area contributed by atoms with Gasteiger partial charge in [-0.05, 0) is 55.5 Å². The Hall–Kier alpha value is -0.390. The van der Waals surface area contributed by atoms with E-state index in [-0.39, 0.29) is 5.92 Å². The molecule has 0 aromatic heterocycles. The Balaban J connectivity index is 3.05. The quantitative estimate of drug-likeness (QED) is 0.856. The van der Waals surface area contributed by atoms with Gasteiger partial charge in [-0.25, -0.2) is 0 Å². The summed E-state index contributed by atoms with van der Waals surface area (Å²) in [5.74, 6) is -1.92. The lowest BCUT2D eigenvalue weighted by Gasteiger charge is -2.23. The summed E-state index contributed by atoms with van der Waals surface area (Å²) >= 11 is 6.66. The van der Waals surface area contributed by atoms with Crippen LogP contribution in [0.15, 0.2) is 27.1 Å². The van der Waals surface area contributed by atoms with Gasteiger partial charge in [-0.2, -0.15) is 0 Å². The molecule has 0 bridgehead atoms. The number of carbonyl (C=O) groups is 1. The van der Waals surface area contributed by atoms with Crippen LogP contribution in [0.25, 0.3) is 0 Å². The molecule has 0 aliphatic rings. The molecule has 0 radical (unpaired) electrons. The fraction of sp³-hybridized carbons (Fsp3) is 0.417. The van der Waals surface area contributed by atoms with Crippen molar-refractivity contribution in [1.82, 2.24) is 0 Å². The Bertz CT molecular complexity index is 418. The number of aliphatic carboxylic acids is 1. The highest BCUT2D eigenvalue weighted by molar-refractivity contribution is 9.13. The van der Waals surface area contributed by atoms with Gasteiger partial charge < -0.3 is 10.2 Å². The maximum absolute atomic E-state index is 11.1. The van der Waals surface area contributed by atoms with Gasteiger partial charge in [-0.3, -0.25) is 4.79 Å². The number of hydrogen-bond acceptors (Lipinski definition) is 2. The van der Waals surface area contributed by atoms with Crippen LogP contribution >= 0.6 is 31.9 Å². The number of hydrogen-bond donors (Lipinski definition) is 2. The van der Waals surface area contributed by atoms with Gasteiger partial charge in [0.1, 0.15) is 0 Å². The first kappa shape index (κ1) is 14.7. The number of halogens is 2. The average Bonchev–Trinajstić information content (AvgIpc) is 2.20. The molecule has 0 aliphatic carbocycles. The molecule has 94 valence electrons. The summed E-state index contributed by atoms with van der Waals surface area (Å²) in [7, 11) is 0. The predicted molar refractivity (Wildman–Crippen MR) is 72.8 cm³/mol. The summed E-state index contributed by atoms with van der Waals surface area (Å²) < 4.78 is 1.66. The summed E-state index contributed by atoms with van der Waals surface area (Å²) in [6, 6.07) is 5.23. The molecule has 0 fully saturated rings. The highest BCUT2D eigenvalue weighted by atomic mass is 79.9. The molecule has 3 nitrogen and oxygen atoms in total. The molecule has 1 rings (SSSR count). The van der Waals surface area contributed by atoms with E-state index in [1.807, 2.05) is 0 Å². The minimum Gasteiger partial charge on any atom is -0.481 e. The van der Waals surface area contributed by atoms with Crippen molar-refractivity contribution in [2.24, 2.45) is 11.8 Å². The van der Waals surface area contributed by atoms with Gasteiger partial charge in [0.2, 0.25) is 0 Å². The molecule has 0 saturated carbocycles. The highest BCUT2D eigenvalue weighted by Gasteiger charge is 2.30. The van der Waals surface area contributed by atoms with Crippen molar-refractivity contribution in [3.8, 4) is 0 Å². The van der Waals surface area contributed by atoms with E-state index >= 15 is 0 Å². The molecule has 2 unspecified atom stereocenters. The first-order valence-corrected chi connectivity index (χ1v) is 6.79. The molecule has 5 heteroatoms. The molecule has 0 amide bonds. The van der Waals surface area contributed by atoms with E-state index in [2.05, 4.69) is 31.9 Å². The van der Waals surface area contributed by atoms with Crippen LogP contribution in [-0.2, 0) is 4.79 Å². The molecule has 0 saturated heterocycles. The van der Waals surface area contributed by atoms with E-state index in [1.54, 1.807) is 32.0 Å². The molecule has 17 heavy (non-hydrogen) atoms. The van der Waals surface area contributed by atoms with Gasteiger partial charge in [0.25, 0.3) is 0 Å². The second-order valence-corrected chi connectivity index (χ2v) is 5.94. The van der Waals surface area contributed by atoms with Gasteiger partial charge in [-0.15, -0.1) is 0 Å². The van der Waals surface area contributed by atoms with Crippen molar-refractivity contribution in [3.05, 3.63) is 32.7 Å². The summed E-state index contributed by atoms with van der Waals surface area (Å²) in [5, 5.41) is 19.2. The molecule has 1 aromatic rings. The number of carboxylic acids is 1. The molecule has 1 aromatic carbocycles. The van der Waals surface area contributed by atoms with E-state index in [0.29, 0.717) is 5.56 Å². The van der Waals surface area contributed by atoms with Crippen LogP contribution in [0, 0.1) is 11.8 Å². The minimum atomic E-state index is -1.00. The van der Waals surface area contributed by atoms with Crippen LogP contribution in [0.4, 0.5) is 0 Å². The normalized spacial score (nSPS) is 14.7. The van der Waals surface area contributed by atoms with Gasteiger partial charge in [0.05, 0.1) is 12.0 Å². The van der Waals surface area contributed by atoms with Crippen molar-refractivity contribution in [2.45, 2.75) is 20.0 Å². The zero-order valence-electron chi connectivity index (χ0n) is 9.52. The molecule has 2 atom stereocenters. The van der Waals surface area contributed by atoms with Gasteiger partial charge in [-0.1, -0.05) is 19.9 Å². The third-order valence-corrected chi connectivity index (χ3v) is 4.51. The predicted octanol–water partition coefficient (Wildman–Crippen LogP) is 3.60. The van der Waals surface area contributed by atoms with Crippen molar-refractivity contribution in [3.63, 3.8) is 0 Å². The molecular weight excluding hydrogens is 352 g/mol. The summed E-state index contributed by atoms with van der Waals surface area (Å²) in [4.78, 5) is 11.1. The highest BCUT2D eigenvalue weighted by Crippen LogP contribution is 2.32. The lowest BCUT2D eigenvalue weighted by molar-refractivity contribution is -0.148. The van der Waals surface area contributed by atoms with Crippen molar-refractivity contribution >= 4 is 37.8 Å². The van der Waals surface area contributed by atoms with Crippen LogP contribution in [0.3, 0.4) is 0 Å². The summed E-state index contributed by atoms with van der Waals surface area (Å²) in [5.41, 5.74) is 0.598. The topological polar surface area (TPSA) is 57.5 Å². The maximum Gasteiger partial charge on any atom is 0.309 e. The molecule has 0 aliphatic heterocycles. The monoisotopic (exact) mass is 364 g/mol. The van der Waals surface area contributed by atoms with E-state index < -0.39 is 18.0 Å². The standard InChI is InChI=1S/C12H14Br2O3/c1-6(2)10(12(16)17)11(15)7-3-4-8(13)9(14)5-7/h3-6,10-11,15H,1-2H3,(H,16,17). The first-order valence-electron chi connectivity index (χ1n) is 5.20. The van der Waals surface area contributed by atoms with Crippen LogP contribution in [0.5, 0.6) is 0 Å². The Labute approximate surface area is 117 Å². The summed E-state index contributed by atoms with van der Waals surface area (Å²) in [6.07, 6.45) is -1.00. The Morgan fingerprint density at radius 3 is 2.24 bits per heavy atom. The van der Waals surface area contributed by atoms with Gasteiger partial charge >= 0.3 is 5.97 Å². The third kappa shape index (κ3) is 3.53. The first-order chi connectivity index (χ1) is 7.84. The molecule has 0 heterocycles. The lowest BCUT2D eigenvalue weighted by atomic mass is 9.87. The second kappa shape index (κ2) is 5.98. The second-order valence-electron chi connectivity index (χ2n) is 4.23. The van der Waals surface area contributed by atoms with Crippen LogP contribution < -0.4 is 0 Å². The number of aliphatic hydroxyl groups excluding tert-OH is 1. The van der Waals surface area contributed by atoms with Crippen molar-refractivity contribution < 1.29 is 15.0 Å². The zero-order chi connectivity index (χ0) is 13.2. The maximum atomic E-state index is 11.1.